The number of aliphatic hydroxyl groups is 1. The first-order chi connectivity index (χ1) is 8.20. The number of aliphatic hydroxyl groups excluding tert-OH is 1. The number of halogens is 1. The van der Waals surface area contributed by atoms with Gasteiger partial charge in [0, 0.05) is 6.04 Å². The largest absolute Gasteiger partial charge is 0.396 e. The van der Waals surface area contributed by atoms with Gasteiger partial charge < -0.3 is 10.8 Å². The molecule has 1 unspecified atom stereocenters. The summed E-state index contributed by atoms with van der Waals surface area (Å²) in [4.78, 5) is -0.0401. The zero-order valence-electron chi connectivity index (χ0n) is 10.5. The fourth-order valence-corrected chi connectivity index (χ4v) is 3.42. The van der Waals surface area contributed by atoms with Crippen LogP contribution in [0.3, 0.4) is 0 Å². The molecule has 1 aromatic carbocycles. The van der Waals surface area contributed by atoms with Gasteiger partial charge >= 0.3 is 0 Å². The molecule has 5 nitrogen and oxygen atoms in total. The SMILES string of the molecule is Cc1cc(F)c(N)c(C)c1S(=O)(=O)NC(C)CO. The number of aryl methyl sites for hydroxylation is 1. The van der Waals surface area contributed by atoms with E-state index in [4.69, 9.17) is 10.8 Å². The number of benzene rings is 1. The normalized spacial score (nSPS) is 13.6. The summed E-state index contributed by atoms with van der Waals surface area (Å²) < 4.78 is 39.9. The molecule has 0 heterocycles. The summed E-state index contributed by atoms with van der Waals surface area (Å²) in [5.74, 6) is -0.640. The highest BCUT2D eigenvalue weighted by Gasteiger charge is 2.24. The zero-order valence-corrected chi connectivity index (χ0v) is 11.3. The van der Waals surface area contributed by atoms with Crippen molar-refractivity contribution < 1.29 is 17.9 Å². The van der Waals surface area contributed by atoms with E-state index >= 15 is 0 Å². The van der Waals surface area contributed by atoms with Crippen molar-refractivity contribution in [1.82, 2.24) is 4.72 Å². The lowest BCUT2D eigenvalue weighted by Gasteiger charge is -2.16. The standard InChI is InChI=1S/C11H17FN2O3S/c1-6-4-9(12)10(13)8(3)11(6)18(16,17)14-7(2)5-15/h4,7,14-15H,5,13H2,1-3H3. The second kappa shape index (κ2) is 5.21. The summed E-state index contributed by atoms with van der Waals surface area (Å²) in [5.41, 5.74) is 5.76. The predicted octanol–water partition coefficient (Wildman–Crippen LogP) is 0.684. The van der Waals surface area contributed by atoms with Gasteiger partial charge in [-0.05, 0) is 38.0 Å². The third-order valence-electron chi connectivity index (χ3n) is 2.60. The lowest BCUT2D eigenvalue weighted by molar-refractivity contribution is 0.265. The van der Waals surface area contributed by atoms with Gasteiger partial charge in [-0.3, -0.25) is 0 Å². The fraction of sp³-hybridized carbons (Fsp3) is 0.455. The predicted molar refractivity (Wildman–Crippen MR) is 67.2 cm³/mol. The average Bonchev–Trinajstić information content (AvgIpc) is 2.24. The van der Waals surface area contributed by atoms with Gasteiger partial charge in [0.1, 0.15) is 5.82 Å². The Morgan fingerprint density at radius 3 is 2.56 bits per heavy atom. The Labute approximate surface area is 106 Å². The minimum atomic E-state index is -3.83. The first kappa shape index (κ1) is 14.9. The number of rotatable bonds is 4. The van der Waals surface area contributed by atoms with E-state index in [1.165, 1.54) is 20.8 Å². The van der Waals surface area contributed by atoms with E-state index in [1.807, 2.05) is 0 Å². The number of anilines is 1. The summed E-state index contributed by atoms with van der Waals surface area (Å²) in [6.07, 6.45) is 0. The third-order valence-corrected chi connectivity index (χ3v) is 4.48. The van der Waals surface area contributed by atoms with Crippen molar-refractivity contribution in [3.8, 4) is 0 Å². The van der Waals surface area contributed by atoms with Crippen LogP contribution in [0.4, 0.5) is 10.1 Å². The van der Waals surface area contributed by atoms with Gasteiger partial charge in [0.25, 0.3) is 0 Å². The van der Waals surface area contributed by atoms with Crippen LogP contribution in [0.15, 0.2) is 11.0 Å². The molecule has 0 spiro atoms. The van der Waals surface area contributed by atoms with Crippen molar-refractivity contribution in [3.05, 3.63) is 23.0 Å². The minimum Gasteiger partial charge on any atom is -0.396 e. The van der Waals surface area contributed by atoms with Gasteiger partial charge in [0.15, 0.2) is 0 Å². The number of nitrogens with one attached hydrogen (secondary N) is 1. The number of nitrogen functional groups attached to an aromatic ring is 1. The second-order valence-electron chi connectivity index (χ2n) is 4.25. The van der Waals surface area contributed by atoms with Crippen molar-refractivity contribution in [1.29, 1.82) is 0 Å². The first-order valence-electron chi connectivity index (χ1n) is 5.39. The van der Waals surface area contributed by atoms with Crippen LogP contribution in [0.25, 0.3) is 0 Å². The molecule has 0 aliphatic rings. The van der Waals surface area contributed by atoms with Crippen LogP contribution in [-0.4, -0.2) is 26.2 Å². The molecule has 1 atom stereocenters. The third kappa shape index (κ3) is 2.80. The molecule has 0 bridgehead atoms. The van der Waals surface area contributed by atoms with E-state index in [-0.39, 0.29) is 28.3 Å². The number of hydrogen-bond acceptors (Lipinski definition) is 4. The van der Waals surface area contributed by atoms with Crippen LogP contribution in [0.1, 0.15) is 18.1 Å². The Balaban J connectivity index is 3.38. The topological polar surface area (TPSA) is 92.4 Å². The zero-order chi connectivity index (χ0) is 14.1. The molecule has 0 aliphatic carbocycles. The van der Waals surface area contributed by atoms with Gasteiger partial charge in [-0.1, -0.05) is 0 Å². The summed E-state index contributed by atoms with van der Waals surface area (Å²) in [6, 6.07) is 0.459. The Morgan fingerprint density at radius 1 is 1.50 bits per heavy atom. The molecule has 0 aliphatic heterocycles. The molecule has 1 rings (SSSR count). The highest BCUT2D eigenvalue weighted by atomic mass is 32.2. The molecule has 0 aromatic heterocycles. The van der Waals surface area contributed by atoms with E-state index in [0.717, 1.165) is 6.07 Å². The molecule has 0 fully saturated rings. The molecule has 0 saturated heterocycles. The molecule has 0 saturated carbocycles. The van der Waals surface area contributed by atoms with E-state index < -0.39 is 21.9 Å². The maximum absolute atomic E-state index is 13.4. The van der Waals surface area contributed by atoms with E-state index in [2.05, 4.69) is 4.72 Å². The number of sulfonamides is 1. The van der Waals surface area contributed by atoms with Crippen LogP contribution in [0.2, 0.25) is 0 Å². The van der Waals surface area contributed by atoms with Gasteiger partial charge in [-0.2, -0.15) is 0 Å². The van der Waals surface area contributed by atoms with Crippen molar-refractivity contribution >= 4 is 15.7 Å². The minimum absolute atomic E-state index is 0.0401. The van der Waals surface area contributed by atoms with Crippen LogP contribution < -0.4 is 10.5 Å². The molecule has 4 N–H and O–H groups in total. The first-order valence-corrected chi connectivity index (χ1v) is 6.87. The molecule has 1 aromatic rings. The monoisotopic (exact) mass is 276 g/mol. The lowest BCUT2D eigenvalue weighted by atomic mass is 10.1. The fourth-order valence-electron chi connectivity index (χ4n) is 1.71. The summed E-state index contributed by atoms with van der Waals surface area (Å²) in [5, 5.41) is 8.87. The molecule has 102 valence electrons. The van der Waals surface area contributed by atoms with Crippen molar-refractivity contribution in [2.75, 3.05) is 12.3 Å². The van der Waals surface area contributed by atoms with Gasteiger partial charge in [0.05, 0.1) is 17.2 Å². The lowest BCUT2D eigenvalue weighted by Crippen LogP contribution is -2.35. The smallest absolute Gasteiger partial charge is 0.241 e. The maximum atomic E-state index is 13.4. The van der Waals surface area contributed by atoms with Crippen LogP contribution in [-0.2, 0) is 10.0 Å². The van der Waals surface area contributed by atoms with Crippen molar-refractivity contribution in [3.63, 3.8) is 0 Å². The Morgan fingerprint density at radius 2 is 2.06 bits per heavy atom. The van der Waals surface area contributed by atoms with Crippen molar-refractivity contribution in [2.24, 2.45) is 0 Å². The highest BCUT2D eigenvalue weighted by Crippen LogP contribution is 2.27. The second-order valence-corrected chi connectivity index (χ2v) is 5.90. The van der Waals surface area contributed by atoms with Crippen LogP contribution >= 0.6 is 0 Å². The quantitative estimate of drug-likeness (QED) is 0.705. The molecular weight excluding hydrogens is 259 g/mol. The Hall–Kier alpha value is -1.18. The highest BCUT2D eigenvalue weighted by molar-refractivity contribution is 7.89. The van der Waals surface area contributed by atoms with E-state index in [1.54, 1.807) is 0 Å². The van der Waals surface area contributed by atoms with Crippen molar-refractivity contribution in [2.45, 2.75) is 31.7 Å². The van der Waals surface area contributed by atoms with E-state index in [9.17, 15) is 12.8 Å². The molecule has 7 heteroatoms. The Bertz CT molecular complexity index is 558. The van der Waals surface area contributed by atoms with Gasteiger partial charge in [-0.25, -0.2) is 17.5 Å². The molecule has 18 heavy (non-hydrogen) atoms. The molecule has 0 amide bonds. The summed E-state index contributed by atoms with van der Waals surface area (Å²) in [6.45, 7) is 4.14. The average molecular weight is 276 g/mol. The molecular formula is C11H17FN2O3S. The van der Waals surface area contributed by atoms with Crippen LogP contribution in [0.5, 0.6) is 0 Å². The van der Waals surface area contributed by atoms with Crippen LogP contribution in [0, 0.1) is 19.7 Å². The number of hydrogen-bond donors (Lipinski definition) is 3. The van der Waals surface area contributed by atoms with Gasteiger partial charge in [0.2, 0.25) is 10.0 Å². The molecule has 0 radical (unpaired) electrons. The summed E-state index contributed by atoms with van der Waals surface area (Å²) >= 11 is 0. The maximum Gasteiger partial charge on any atom is 0.241 e. The van der Waals surface area contributed by atoms with Gasteiger partial charge in [-0.15, -0.1) is 0 Å². The van der Waals surface area contributed by atoms with E-state index in [0.29, 0.717) is 0 Å². The Kier molecular flexibility index (Phi) is 4.31. The summed E-state index contributed by atoms with van der Waals surface area (Å²) in [7, 11) is -3.83. The number of nitrogens with two attached hydrogens (primary N) is 1.